The van der Waals surface area contributed by atoms with Gasteiger partial charge in [-0.05, 0) is 29.6 Å². The number of aromatic nitrogens is 2. The molecule has 10 nitrogen and oxygen atoms in total. The van der Waals surface area contributed by atoms with Gasteiger partial charge in [-0.2, -0.15) is 0 Å². The SMILES string of the molecule is C[Si](C)(C)CCOCN1C=N[C@@]2(C[C@@H]3CON(C(c4ccccc4)c4ccccc4)C(=O)[C@H]3[C@@H]2c2cn(COCC[Si](C)(C)C)cn2)C1=O. The Morgan fingerprint density at radius 1 is 0.878 bits per heavy atom. The summed E-state index contributed by atoms with van der Waals surface area (Å²) in [6.07, 6.45) is 5.67. The van der Waals surface area contributed by atoms with Crippen LogP contribution in [-0.2, 0) is 30.6 Å². The van der Waals surface area contributed by atoms with Gasteiger partial charge in [0, 0.05) is 47.4 Å². The van der Waals surface area contributed by atoms with Crippen molar-refractivity contribution in [3.8, 4) is 0 Å². The van der Waals surface area contributed by atoms with Crippen molar-refractivity contribution in [2.45, 2.75) is 82.0 Å². The van der Waals surface area contributed by atoms with Crippen molar-refractivity contribution in [1.29, 1.82) is 0 Å². The monoisotopic (exact) mass is 701 g/mol. The Balaban J connectivity index is 1.30. The van der Waals surface area contributed by atoms with E-state index in [1.165, 1.54) is 5.06 Å². The molecular formula is C37H51N5O5Si2. The lowest BCUT2D eigenvalue weighted by Gasteiger charge is -2.40. The maximum atomic E-state index is 14.9. The fourth-order valence-corrected chi connectivity index (χ4v) is 8.67. The smallest absolute Gasteiger partial charge is 0.258 e. The van der Waals surface area contributed by atoms with Gasteiger partial charge in [-0.25, -0.2) is 10.0 Å². The number of rotatable bonds is 14. The summed E-state index contributed by atoms with van der Waals surface area (Å²) in [4.78, 5) is 47.0. The first kappa shape index (κ1) is 35.4. The van der Waals surface area contributed by atoms with E-state index in [0.717, 1.165) is 23.2 Å². The van der Waals surface area contributed by atoms with Crippen LogP contribution in [0.3, 0.4) is 0 Å². The molecule has 1 spiro atoms. The third-order valence-corrected chi connectivity index (χ3v) is 13.3. The number of hydroxylamine groups is 2. The first-order chi connectivity index (χ1) is 23.4. The summed E-state index contributed by atoms with van der Waals surface area (Å²) < 4.78 is 13.9. The summed E-state index contributed by atoms with van der Waals surface area (Å²) in [5.74, 6) is -1.67. The van der Waals surface area contributed by atoms with Crippen LogP contribution < -0.4 is 0 Å². The summed E-state index contributed by atoms with van der Waals surface area (Å²) >= 11 is 0. The number of hydrogen-bond acceptors (Lipinski definition) is 7. The van der Waals surface area contributed by atoms with Crippen molar-refractivity contribution in [2.75, 3.05) is 26.6 Å². The second-order valence-electron chi connectivity index (χ2n) is 16.1. The number of carbonyl (C=O) groups is 2. The van der Waals surface area contributed by atoms with Crippen LogP contribution in [0.25, 0.3) is 0 Å². The number of benzene rings is 2. The fourth-order valence-electron chi connectivity index (χ4n) is 7.15. The Morgan fingerprint density at radius 3 is 2.06 bits per heavy atom. The maximum Gasteiger partial charge on any atom is 0.258 e. The molecule has 2 amide bonds. The molecule has 2 fully saturated rings. The standard InChI is InChI=1S/C37H51N5O5Si2/c1-48(2,3)19-17-45-26-40-22-31(38-24-40)33-32-30(21-37(33)36(44)41(25-39-37)27-46-18-20-49(4,5)6)23-47-42(35(32)43)34(28-13-9-7-10-14-28)29-15-11-8-12-16-29/h7-16,22,24-25,30,32-34H,17-21,23,26-27H2,1-6H3/t30-,32-,33+,37-/m1/s1. The quantitative estimate of drug-likeness (QED) is 0.143. The van der Waals surface area contributed by atoms with Gasteiger partial charge in [0.05, 0.1) is 30.9 Å². The first-order valence-electron chi connectivity index (χ1n) is 17.5. The number of aliphatic imine (C=N–C) groups is 1. The number of hydrogen-bond donors (Lipinski definition) is 0. The molecule has 1 saturated carbocycles. The van der Waals surface area contributed by atoms with Crippen molar-refractivity contribution in [3.63, 3.8) is 0 Å². The van der Waals surface area contributed by atoms with Crippen LogP contribution in [0.2, 0.25) is 51.4 Å². The first-order valence-corrected chi connectivity index (χ1v) is 24.9. The summed E-state index contributed by atoms with van der Waals surface area (Å²) in [7, 11) is -2.52. The lowest BCUT2D eigenvalue weighted by molar-refractivity contribution is -0.226. The number of nitrogens with zero attached hydrogens (tertiary/aromatic N) is 5. The molecule has 2 aromatic carbocycles. The van der Waals surface area contributed by atoms with Crippen molar-refractivity contribution in [3.05, 3.63) is 90.0 Å². The predicted octanol–water partition coefficient (Wildman–Crippen LogP) is 6.40. The van der Waals surface area contributed by atoms with Crippen molar-refractivity contribution < 1.29 is 23.9 Å². The third-order valence-electron chi connectivity index (χ3n) is 9.84. The molecular weight excluding hydrogens is 651 g/mol. The van der Waals surface area contributed by atoms with Crippen molar-refractivity contribution in [1.82, 2.24) is 19.5 Å². The van der Waals surface area contributed by atoms with Crippen LogP contribution >= 0.6 is 0 Å². The van der Waals surface area contributed by atoms with E-state index in [9.17, 15) is 9.59 Å². The van der Waals surface area contributed by atoms with E-state index >= 15 is 0 Å². The Kier molecular flexibility index (Phi) is 10.4. The van der Waals surface area contributed by atoms with Gasteiger partial charge >= 0.3 is 0 Å². The van der Waals surface area contributed by atoms with Gasteiger partial charge in [0.15, 0.2) is 5.54 Å². The van der Waals surface area contributed by atoms with E-state index in [1.807, 2.05) is 71.4 Å². The molecule has 4 atom stereocenters. The molecule has 49 heavy (non-hydrogen) atoms. The van der Waals surface area contributed by atoms with Crippen LogP contribution in [-0.4, -0.2) is 85.9 Å². The average molecular weight is 702 g/mol. The molecule has 3 aromatic rings. The molecule has 1 aromatic heterocycles. The van der Waals surface area contributed by atoms with Crippen LogP contribution in [0.5, 0.6) is 0 Å². The molecule has 1 saturated heterocycles. The normalized spacial score (nSPS) is 24.1. The van der Waals surface area contributed by atoms with Crippen molar-refractivity contribution in [2.24, 2.45) is 16.8 Å². The largest absolute Gasteiger partial charge is 0.361 e. The zero-order valence-electron chi connectivity index (χ0n) is 29.7. The lowest BCUT2D eigenvalue weighted by Crippen LogP contribution is -2.49. The van der Waals surface area contributed by atoms with Gasteiger partial charge in [0.1, 0.15) is 19.5 Å². The van der Waals surface area contributed by atoms with Gasteiger partial charge in [0.25, 0.3) is 11.8 Å². The fraction of sp³-hybridized carbons (Fsp3) is 0.514. The lowest BCUT2D eigenvalue weighted by atomic mass is 9.79. The van der Waals surface area contributed by atoms with Crippen LogP contribution in [0, 0.1) is 11.8 Å². The van der Waals surface area contributed by atoms with Crippen LogP contribution in [0.1, 0.15) is 35.2 Å². The van der Waals surface area contributed by atoms with Gasteiger partial charge in [-0.15, -0.1) is 0 Å². The summed E-state index contributed by atoms with van der Waals surface area (Å²) in [5.41, 5.74) is 1.38. The van der Waals surface area contributed by atoms with Gasteiger partial charge < -0.3 is 14.0 Å². The zero-order chi connectivity index (χ0) is 34.8. The van der Waals surface area contributed by atoms with E-state index in [0.29, 0.717) is 38.7 Å². The van der Waals surface area contributed by atoms with E-state index in [2.05, 4.69) is 39.3 Å². The third kappa shape index (κ3) is 7.83. The molecule has 262 valence electrons. The van der Waals surface area contributed by atoms with Gasteiger partial charge in [-0.1, -0.05) is 99.9 Å². The highest BCUT2D eigenvalue weighted by atomic mass is 28.3. The Hall–Kier alpha value is -3.43. The summed E-state index contributed by atoms with van der Waals surface area (Å²) in [6.45, 7) is 16.0. The van der Waals surface area contributed by atoms with E-state index < -0.39 is 39.6 Å². The zero-order valence-corrected chi connectivity index (χ0v) is 31.7. The van der Waals surface area contributed by atoms with Crippen LogP contribution in [0.15, 0.2) is 78.2 Å². The summed E-state index contributed by atoms with van der Waals surface area (Å²) in [6, 6.07) is 21.5. The predicted molar refractivity (Wildman–Crippen MR) is 195 cm³/mol. The highest BCUT2D eigenvalue weighted by molar-refractivity contribution is 6.76. The van der Waals surface area contributed by atoms with Gasteiger partial charge in [-0.3, -0.25) is 24.3 Å². The van der Waals surface area contributed by atoms with E-state index in [4.69, 9.17) is 24.3 Å². The molecule has 6 rings (SSSR count). The highest BCUT2D eigenvalue weighted by Gasteiger charge is 2.66. The van der Waals surface area contributed by atoms with Gasteiger partial charge in [0.2, 0.25) is 0 Å². The molecule has 2 aliphatic heterocycles. The van der Waals surface area contributed by atoms with E-state index in [-0.39, 0.29) is 24.5 Å². The van der Waals surface area contributed by atoms with E-state index in [1.54, 1.807) is 17.6 Å². The Morgan fingerprint density at radius 2 is 1.47 bits per heavy atom. The molecule has 1 aliphatic carbocycles. The number of carbonyl (C=O) groups excluding carboxylic acids is 2. The van der Waals surface area contributed by atoms with Crippen LogP contribution in [0.4, 0.5) is 0 Å². The number of ether oxygens (including phenoxy) is 2. The number of fused-ring (bicyclic) bond motifs is 1. The minimum atomic E-state index is -1.29. The summed E-state index contributed by atoms with van der Waals surface area (Å²) in [5, 5.41) is 1.54. The molecule has 12 heteroatoms. The Labute approximate surface area is 292 Å². The maximum absolute atomic E-state index is 14.9. The minimum Gasteiger partial charge on any atom is -0.361 e. The molecule has 0 radical (unpaired) electrons. The molecule has 3 heterocycles. The second-order valence-corrected chi connectivity index (χ2v) is 27.3. The number of amides is 2. The number of imidazole rings is 1. The average Bonchev–Trinajstić information content (AvgIpc) is 3.75. The topological polar surface area (TPSA) is 98.5 Å². The van der Waals surface area contributed by atoms with Crippen molar-refractivity contribution >= 4 is 34.3 Å². The second kappa shape index (κ2) is 14.4. The Bertz CT molecular complexity index is 1580. The minimum absolute atomic E-state index is 0.136. The highest BCUT2D eigenvalue weighted by Crippen LogP contribution is 2.56. The molecule has 0 bridgehead atoms. The molecule has 3 aliphatic rings. The molecule has 0 unspecified atom stereocenters. The molecule has 0 N–H and O–H groups in total.